The van der Waals surface area contributed by atoms with Crippen molar-refractivity contribution in [3.8, 4) is 6.07 Å². The van der Waals surface area contributed by atoms with Gasteiger partial charge in [-0.25, -0.2) is 0 Å². The lowest BCUT2D eigenvalue weighted by Gasteiger charge is -2.18. The standard InChI is InChI=1S/C14H16F3N3/c15-14(16,17)10-20-5-4-13(9-20)19-8-12-3-1-2-11(6-12)7-18/h1-3,6,13,19H,4-5,8-10H2/t13-/m0/s1. The van der Waals surface area contributed by atoms with Crippen LogP contribution < -0.4 is 5.32 Å². The van der Waals surface area contributed by atoms with Crippen LogP contribution in [0.25, 0.3) is 0 Å². The summed E-state index contributed by atoms with van der Waals surface area (Å²) in [7, 11) is 0. The summed E-state index contributed by atoms with van der Waals surface area (Å²) in [6.07, 6.45) is -3.41. The van der Waals surface area contributed by atoms with E-state index in [9.17, 15) is 13.2 Å². The molecule has 1 aliphatic rings. The second kappa shape index (κ2) is 6.25. The molecule has 0 amide bonds. The Morgan fingerprint density at radius 3 is 2.90 bits per heavy atom. The van der Waals surface area contributed by atoms with Crippen molar-refractivity contribution in [1.82, 2.24) is 10.2 Å². The fraction of sp³-hybridized carbons (Fsp3) is 0.500. The number of nitriles is 1. The van der Waals surface area contributed by atoms with E-state index in [1.807, 2.05) is 6.07 Å². The third kappa shape index (κ3) is 4.51. The third-order valence-electron chi connectivity index (χ3n) is 3.33. The smallest absolute Gasteiger partial charge is 0.309 e. The third-order valence-corrected chi connectivity index (χ3v) is 3.33. The molecule has 1 atom stereocenters. The maximum absolute atomic E-state index is 12.3. The van der Waals surface area contributed by atoms with E-state index < -0.39 is 12.7 Å². The summed E-state index contributed by atoms with van der Waals surface area (Å²) in [6.45, 7) is 0.613. The second-order valence-corrected chi connectivity index (χ2v) is 5.03. The molecular formula is C14H16F3N3. The summed E-state index contributed by atoms with van der Waals surface area (Å²) in [4.78, 5) is 1.42. The largest absolute Gasteiger partial charge is 0.401 e. The molecule has 20 heavy (non-hydrogen) atoms. The van der Waals surface area contributed by atoms with E-state index in [4.69, 9.17) is 5.26 Å². The van der Waals surface area contributed by atoms with Crippen molar-refractivity contribution in [2.75, 3.05) is 19.6 Å². The number of nitrogens with one attached hydrogen (secondary N) is 1. The Kier molecular flexibility index (Phi) is 4.63. The number of halogens is 3. The van der Waals surface area contributed by atoms with Gasteiger partial charge in [-0.2, -0.15) is 18.4 Å². The lowest BCUT2D eigenvalue weighted by molar-refractivity contribution is -0.143. The van der Waals surface area contributed by atoms with Crippen LogP contribution in [0.5, 0.6) is 0 Å². The number of rotatable bonds is 4. The zero-order valence-corrected chi connectivity index (χ0v) is 11.0. The van der Waals surface area contributed by atoms with Crippen LogP contribution in [0, 0.1) is 11.3 Å². The van der Waals surface area contributed by atoms with E-state index in [-0.39, 0.29) is 6.04 Å². The molecule has 2 rings (SSSR count). The summed E-state index contributed by atoms with van der Waals surface area (Å²) in [5.74, 6) is 0. The predicted octanol–water partition coefficient (Wildman–Crippen LogP) is 2.28. The fourth-order valence-corrected chi connectivity index (χ4v) is 2.41. The molecule has 1 heterocycles. The van der Waals surface area contributed by atoms with Crippen molar-refractivity contribution >= 4 is 0 Å². The number of hydrogen-bond donors (Lipinski definition) is 1. The molecule has 1 aromatic carbocycles. The summed E-state index contributed by atoms with van der Waals surface area (Å²) in [6, 6.07) is 9.36. The summed E-state index contributed by atoms with van der Waals surface area (Å²) < 4.78 is 36.8. The van der Waals surface area contributed by atoms with Gasteiger partial charge in [0.15, 0.2) is 0 Å². The van der Waals surface area contributed by atoms with E-state index in [0.29, 0.717) is 31.6 Å². The average Bonchev–Trinajstić information content (AvgIpc) is 2.82. The zero-order chi connectivity index (χ0) is 14.6. The van der Waals surface area contributed by atoms with E-state index in [1.165, 1.54) is 4.90 Å². The predicted molar refractivity (Wildman–Crippen MR) is 68.9 cm³/mol. The van der Waals surface area contributed by atoms with E-state index >= 15 is 0 Å². The minimum absolute atomic E-state index is 0.0723. The highest BCUT2D eigenvalue weighted by molar-refractivity contribution is 5.32. The van der Waals surface area contributed by atoms with Crippen molar-refractivity contribution < 1.29 is 13.2 Å². The van der Waals surface area contributed by atoms with E-state index in [1.54, 1.807) is 18.2 Å². The van der Waals surface area contributed by atoms with Crippen molar-refractivity contribution in [2.45, 2.75) is 25.2 Å². The number of benzene rings is 1. The lowest BCUT2D eigenvalue weighted by Crippen LogP contribution is -2.36. The van der Waals surface area contributed by atoms with Gasteiger partial charge >= 0.3 is 6.18 Å². The van der Waals surface area contributed by atoms with Gasteiger partial charge in [0, 0.05) is 25.7 Å². The molecule has 3 nitrogen and oxygen atoms in total. The van der Waals surface area contributed by atoms with Gasteiger partial charge in [-0.1, -0.05) is 12.1 Å². The molecular weight excluding hydrogens is 267 g/mol. The Hall–Kier alpha value is -1.58. The molecule has 0 saturated carbocycles. The molecule has 0 unspecified atom stereocenters. The Balaban J connectivity index is 1.79. The van der Waals surface area contributed by atoms with Crippen LogP contribution >= 0.6 is 0 Å². The first kappa shape index (κ1) is 14.8. The monoisotopic (exact) mass is 283 g/mol. The molecule has 1 aromatic rings. The molecule has 1 fully saturated rings. The van der Waals surface area contributed by atoms with Crippen molar-refractivity contribution in [2.24, 2.45) is 0 Å². The Bertz CT molecular complexity index is 493. The number of likely N-dealkylation sites (tertiary alicyclic amines) is 1. The minimum atomic E-state index is -4.13. The highest BCUT2D eigenvalue weighted by Crippen LogP contribution is 2.20. The zero-order valence-electron chi connectivity index (χ0n) is 11.0. The molecule has 1 aliphatic heterocycles. The summed E-state index contributed by atoms with van der Waals surface area (Å²) in [5, 5.41) is 12.0. The van der Waals surface area contributed by atoms with Crippen LogP contribution in [0.1, 0.15) is 17.5 Å². The first-order valence-electron chi connectivity index (χ1n) is 6.48. The number of nitrogens with zero attached hydrogens (tertiary/aromatic N) is 2. The first-order valence-corrected chi connectivity index (χ1v) is 6.48. The van der Waals surface area contributed by atoms with Gasteiger partial charge in [0.05, 0.1) is 18.2 Å². The Morgan fingerprint density at radius 1 is 1.40 bits per heavy atom. The highest BCUT2D eigenvalue weighted by Gasteiger charge is 2.34. The summed E-state index contributed by atoms with van der Waals surface area (Å²) in [5.41, 5.74) is 1.56. The van der Waals surface area contributed by atoms with E-state index in [2.05, 4.69) is 11.4 Å². The molecule has 0 aromatic heterocycles. The van der Waals surface area contributed by atoms with Crippen LogP contribution in [-0.4, -0.2) is 36.8 Å². The van der Waals surface area contributed by atoms with Crippen LogP contribution in [0.15, 0.2) is 24.3 Å². The van der Waals surface area contributed by atoms with Gasteiger partial charge < -0.3 is 5.32 Å². The van der Waals surface area contributed by atoms with Crippen LogP contribution in [0.4, 0.5) is 13.2 Å². The molecule has 0 spiro atoms. The molecule has 0 radical (unpaired) electrons. The minimum Gasteiger partial charge on any atom is -0.309 e. The fourth-order valence-electron chi connectivity index (χ4n) is 2.41. The molecule has 108 valence electrons. The van der Waals surface area contributed by atoms with Crippen molar-refractivity contribution in [1.29, 1.82) is 5.26 Å². The normalized spacial score (nSPS) is 20.0. The maximum Gasteiger partial charge on any atom is 0.401 e. The van der Waals surface area contributed by atoms with Crippen molar-refractivity contribution in [3.63, 3.8) is 0 Å². The highest BCUT2D eigenvalue weighted by atomic mass is 19.4. The quantitative estimate of drug-likeness (QED) is 0.921. The second-order valence-electron chi connectivity index (χ2n) is 5.03. The molecule has 0 bridgehead atoms. The maximum atomic E-state index is 12.3. The SMILES string of the molecule is N#Cc1cccc(CN[C@H]2CCN(CC(F)(F)F)C2)c1. The molecule has 1 N–H and O–H groups in total. The summed E-state index contributed by atoms with van der Waals surface area (Å²) >= 11 is 0. The lowest BCUT2D eigenvalue weighted by atomic mass is 10.1. The molecule has 6 heteroatoms. The van der Waals surface area contributed by atoms with Crippen molar-refractivity contribution in [3.05, 3.63) is 35.4 Å². The Morgan fingerprint density at radius 2 is 2.20 bits per heavy atom. The topological polar surface area (TPSA) is 39.1 Å². The van der Waals surface area contributed by atoms with E-state index in [0.717, 1.165) is 5.56 Å². The first-order chi connectivity index (χ1) is 9.46. The van der Waals surface area contributed by atoms with Gasteiger partial charge in [-0.15, -0.1) is 0 Å². The van der Waals surface area contributed by atoms with Gasteiger partial charge in [0.2, 0.25) is 0 Å². The average molecular weight is 283 g/mol. The van der Waals surface area contributed by atoms with Crippen LogP contribution in [-0.2, 0) is 6.54 Å². The van der Waals surface area contributed by atoms with Gasteiger partial charge in [0.1, 0.15) is 0 Å². The molecule has 0 aliphatic carbocycles. The number of alkyl halides is 3. The molecule has 1 saturated heterocycles. The van der Waals surface area contributed by atoms with Crippen LogP contribution in [0.3, 0.4) is 0 Å². The van der Waals surface area contributed by atoms with Gasteiger partial charge in [0.25, 0.3) is 0 Å². The number of hydrogen-bond acceptors (Lipinski definition) is 3. The Labute approximate surface area is 116 Å². The van der Waals surface area contributed by atoms with Crippen LogP contribution in [0.2, 0.25) is 0 Å². The van der Waals surface area contributed by atoms with Gasteiger partial charge in [-0.05, 0) is 24.1 Å². The van der Waals surface area contributed by atoms with Gasteiger partial charge in [-0.3, -0.25) is 4.90 Å².